The smallest absolute Gasteiger partial charge is 0.0897 e. The van der Waals surface area contributed by atoms with Crippen molar-refractivity contribution in [1.82, 2.24) is 4.90 Å². The minimum Gasteiger partial charge on any atom is -0.394 e. The SMILES string of the molecule is NC(=S)CCN(CC(O)CO)C1CC1. The van der Waals surface area contributed by atoms with Crippen LogP contribution in [0.15, 0.2) is 0 Å². The van der Waals surface area contributed by atoms with Crippen LogP contribution in [0.2, 0.25) is 0 Å². The second-order valence-corrected chi connectivity index (χ2v) is 4.30. The van der Waals surface area contributed by atoms with Crippen LogP contribution in [-0.4, -0.2) is 51.9 Å². The molecule has 4 nitrogen and oxygen atoms in total. The van der Waals surface area contributed by atoms with Gasteiger partial charge < -0.3 is 15.9 Å². The number of thiocarbonyl (C=S) groups is 1. The normalized spacial score (nSPS) is 18.5. The molecule has 1 saturated carbocycles. The van der Waals surface area contributed by atoms with Crippen molar-refractivity contribution in [2.45, 2.75) is 31.4 Å². The van der Waals surface area contributed by atoms with Gasteiger partial charge in [-0.05, 0) is 12.8 Å². The fraction of sp³-hybridized carbons (Fsp3) is 0.889. The maximum atomic E-state index is 9.31. The Balaban J connectivity index is 2.27. The summed E-state index contributed by atoms with van der Waals surface area (Å²) < 4.78 is 0. The minimum absolute atomic E-state index is 0.184. The van der Waals surface area contributed by atoms with Gasteiger partial charge in [0.1, 0.15) is 0 Å². The Kier molecular flexibility index (Phi) is 4.74. The molecule has 1 atom stereocenters. The van der Waals surface area contributed by atoms with Crippen molar-refractivity contribution in [3.63, 3.8) is 0 Å². The average Bonchev–Trinajstić information content (AvgIpc) is 2.94. The number of nitrogens with two attached hydrogens (primary N) is 1. The zero-order valence-corrected chi connectivity index (χ0v) is 9.04. The van der Waals surface area contributed by atoms with Crippen molar-refractivity contribution in [2.75, 3.05) is 19.7 Å². The predicted octanol–water partition coefficient (Wildman–Crippen LogP) is -0.520. The molecule has 1 aliphatic rings. The third-order valence-corrected chi connectivity index (χ3v) is 2.57. The first-order valence-electron chi connectivity index (χ1n) is 4.94. The molecule has 4 N–H and O–H groups in total. The second kappa shape index (κ2) is 5.60. The van der Waals surface area contributed by atoms with E-state index < -0.39 is 6.10 Å². The molecule has 1 unspecified atom stereocenters. The van der Waals surface area contributed by atoms with Crippen LogP contribution in [0.3, 0.4) is 0 Å². The van der Waals surface area contributed by atoms with E-state index >= 15 is 0 Å². The van der Waals surface area contributed by atoms with Crippen molar-refractivity contribution in [3.8, 4) is 0 Å². The van der Waals surface area contributed by atoms with Gasteiger partial charge in [-0.3, -0.25) is 4.90 Å². The largest absolute Gasteiger partial charge is 0.394 e. The van der Waals surface area contributed by atoms with Gasteiger partial charge in [-0.25, -0.2) is 0 Å². The Hall–Kier alpha value is -0.230. The van der Waals surface area contributed by atoms with Crippen LogP contribution in [0.1, 0.15) is 19.3 Å². The van der Waals surface area contributed by atoms with Crippen LogP contribution in [0.4, 0.5) is 0 Å². The second-order valence-electron chi connectivity index (χ2n) is 3.78. The number of rotatable bonds is 7. The Morgan fingerprint density at radius 3 is 2.64 bits per heavy atom. The molecule has 0 aliphatic heterocycles. The molecule has 1 aliphatic carbocycles. The molecule has 82 valence electrons. The molecule has 5 heteroatoms. The topological polar surface area (TPSA) is 69.7 Å². The molecule has 1 rings (SSSR count). The summed E-state index contributed by atoms with van der Waals surface area (Å²) in [6, 6.07) is 0.561. The van der Waals surface area contributed by atoms with Crippen LogP contribution in [0.25, 0.3) is 0 Å². The van der Waals surface area contributed by atoms with Gasteiger partial charge in [-0.2, -0.15) is 0 Å². The Bertz CT molecular complexity index is 197. The summed E-state index contributed by atoms with van der Waals surface area (Å²) in [4.78, 5) is 2.66. The Morgan fingerprint density at radius 2 is 2.21 bits per heavy atom. The third-order valence-electron chi connectivity index (χ3n) is 2.36. The lowest BCUT2D eigenvalue weighted by molar-refractivity contribution is 0.0574. The molecule has 0 amide bonds. The van der Waals surface area contributed by atoms with Crippen molar-refractivity contribution < 1.29 is 10.2 Å². The molecular weight excluding hydrogens is 200 g/mol. The fourth-order valence-electron chi connectivity index (χ4n) is 1.44. The van der Waals surface area contributed by atoms with E-state index in [1.165, 1.54) is 12.8 Å². The summed E-state index contributed by atoms with van der Waals surface area (Å²) in [6.45, 7) is 1.12. The first kappa shape index (κ1) is 11.8. The molecule has 0 bridgehead atoms. The fourth-order valence-corrected chi connectivity index (χ4v) is 1.54. The van der Waals surface area contributed by atoms with Gasteiger partial charge in [0.05, 0.1) is 17.7 Å². The molecule has 0 radical (unpaired) electrons. The molecule has 0 heterocycles. The van der Waals surface area contributed by atoms with Crippen LogP contribution >= 0.6 is 12.2 Å². The highest BCUT2D eigenvalue weighted by atomic mass is 32.1. The zero-order valence-electron chi connectivity index (χ0n) is 8.22. The van der Waals surface area contributed by atoms with E-state index in [-0.39, 0.29) is 6.61 Å². The predicted molar refractivity (Wildman–Crippen MR) is 59.1 cm³/mol. The van der Waals surface area contributed by atoms with Gasteiger partial charge in [-0.15, -0.1) is 0 Å². The molecule has 14 heavy (non-hydrogen) atoms. The highest BCUT2D eigenvalue weighted by Crippen LogP contribution is 2.26. The lowest BCUT2D eigenvalue weighted by atomic mass is 10.3. The van der Waals surface area contributed by atoms with E-state index in [0.717, 1.165) is 6.54 Å². The lowest BCUT2D eigenvalue weighted by Crippen LogP contribution is -2.37. The van der Waals surface area contributed by atoms with Crippen LogP contribution < -0.4 is 5.73 Å². The third kappa shape index (κ3) is 4.32. The Labute approximate surface area is 89.7 Å². The molecule has 1 fully saturated rings. The van der Waals surface area contributed by atoms with Crippen molar-refractivity contribution in [2.24, 2.45) is 5.73 Å². The van der Waals surface area contributed by atoms with E-state index in [1.807, 2.05) is 0 Å². The maximum absolute atomic E-state index is 9.31. The number of nitrogens with zero attached hydrogens (tertiary/aromatic N) is 1. The van der Waals surface area contributed by atoms with E-state index in [1.54, 1.807) is 0 Å². The van der Waals surface area contributed by atoms with Crippen molar-refractivity contribution in [3.05, 3.63) is 0 Å². The van der Waals surface area contributed by atoms with Gasteiger partial charge in [0.25, 0.3) is 0 Å². The van der Waals surface area contributed by atoms with Crippen LogP contribution in [-0.2, 0) is 0 Å². The van der Waals surface area contributed by atoms with E-state index in [4.69, 9.17) is 23.1 Å². The van der Waals surface area contributed by atoms with Gasteiger partial charge in [0, 0.05) is 25.6 Å². The van der Waals surface area contributed by atoms with Crippen molar-refractivity contribution >= 4 is 17.2 Å². The number of aliphatic hydroxyl groups excluding tert-OH is 2. The minimum atomic E-state index is -0.651. The first-order chi connectivity index (χ1) is 6.63. The van der Waals surface area contributed by atoms with E-state index in [0.29, 0.717) is 24.0 Å². The van der Waals surface area contributed by atoms with Crippen molar-refractivity contribution in [1.29, 1.82) is 0 Å². The molecule has 0 aromatic rings. The highest BCUT2D eigenvalue weighted by Gasteiger charge is 2.29. The standard InChI is InChI=1S/C9H18N2O2S/c10-9(14)3-4-11(7-1-2-7)5-8(13)6-12/h7-8,12-13H,1-6H2,(H2,10,14). The number of aliphatic hydroxyl groups is 2. The zero-order chi connectivity index (χ0) is 10.6. The lowest BCUT2D eigenvalue weighted by Gasteiger charge is -2.23. The first-order valence-corrected chi connectivity index (χ1v) is 5.35. The summed E-state index contributed by atoms with van der Waals surface area (Å²) >= 11 is 4.80. The highest BCUT2D eigenvalue weighted by molar-refractivity contribution is 7.80. The van der Waals surface area contributed by atoms with Crippen LogP contribution in [0.5, 0.6) is 0 Å². The van der Waals surface area contributed by atoms with Gasteiger partial charge in [0.15, 0.2) is 0 Å². The summed E-state index contributed by atoms with van der Waals surface area (Å²) in [7, 11) is 0. The van der Waals surface area contributed by atoms with Crippen LogP contribution in [0, 0.1) is 0 Å². The van der Waals surface area contributed by atoms with E-state index in [9.17, 15) is 5.11 Å². The van der Waals surface area contributed by atoms with E-state index in [2.05, 4.69) is 4.90 Å². The molecule has 0 aromatic heterocycles. The average molecular weight is 218 g/mol. The summed E-state index contributed by atoms with van der Waals surface area (Å²) in [5, 5.41) is 18.1. The maximum Gasteiger partial charge on any atom is 0.0897 e. The monoisotopic (exact) mass is 218 g/mol. The number of hydrogen-bond acceptors (Lipinski definition) is 4. The molecule has 0 aromatic carbocycles. The molecule has 0 spiro atoms. The Morgan fingerprint density at radius 1 is 1.57 bits per heavy atom. The van der Waals surface area contributed by atoms with Gasteiger partial charge in [0.2, 0.25) is 0 Å². The van der Waals surface area contributed by atoms with Gasteiger partial charge in [-0.1, -0.05) is 12.2 Å². The molecule has 0 saturated heterocycles. The van der Waals surface area contributed by atoms with Gasteiger partial charge >= 0.3 is 0 Å². The number of hydrogen-bond donors (Lipinski definition) is 3. The quantitative estimate of drug-likeness (QED) is 0.502. The molecular formula is C9H18N2O2S. The summed E-state index contributed by atoms with van der Waals surface area (Å²) in [6.07, 6.45) is 2.39. The summed E-state index contributed by atoms with van der Waals surface area (Å²) in [5.41, 5.74) is 5.42. The summed E-state index contributed by atoms with van der Waals surface area (Å²) in [5.74, 6) is 0.